The van der Waals surface area contributed by atoms with Crippen LogP contribution in [0.5, 0.6) is 5.75 Å². The second-order valence-electron chi connectivity index (χ2n) is 5.72. The molecule has 0 aliphatic carbocycles. The highest BCUT2D eigenvalue weighted by Gasteiger charge is 2.17. The van der Waals surface area contributed by atoms with Crippen LogP contribution in [0.25, 0.3) is 11.6 Å². The summed E-state index contributed by atoms with van der Waals surface area (Å²) in [6.45, 7) is 1.31. The van der Waals surface area contributed by atoms with Crippen LogP contribution < -0.4 is 4.74 Å². The van der Waals surface area contributed by atoms with E-state index < -0.39 is 0 Å². The quantitative estimate of drug-likeness (QED) is 0.299. The molecular formula is C19H21N3O4S. The third-order valence-corrected chi connectivity index (χ3v) is 4.90. The van der Waals surface area contributed by atoms with Crippen molar-refractivity contribution in [1.29, 1.82) is 0 Å². The molecule has 0 fully saturated rings. The zero-order chi connectivity index (χ0) is 19.1. The number of aromatic nitrogens is 3. The number of Topliss-reactive ketones (excluding diaryl/α,β-unsaturated/α-hetero) is 1. The molecule has 0 spiro atoms. The van der Waals surface area contributed by atoms with Gasteiger partial charge in [-0.1, -0.05) is 11.8 Å². The lowest BCUT2D eigenvalue weighted by molar-refractivity contribution is 0.102. The Morgan fingerprint density at radius 1 is 1.19 bits per heavy atom. The summed E-state index contributed by atoms with van der Waals surface area (Å²) in [7, 11) is 3.27. The van der Waals surface area contributed by atoms with Gasteiger partial charge in [-0.25, -0.2) is 0 Å². The van der Waals surface area contributed by atoms with Gasteiger partial charge in [0.05, 0.1) is 19.1 Å². The molecular weight excluding hydrogens is 366 g/mol. The van der Waals surface area contributed by atoms with Gasteiger partial charge in [-0.2, -0.15) is 0 Å². The smallest absolute Gasteiger partial charge is 0.200 e. The van der Waals surface area contributed by atoms with Gasteiger partial charge in [0.15, 0.2) is 22.5 Å². The van der Waals surface area contributed by atoms with Crippen LogP contribution in [0.4, 0.5) is 0 Å². The molecule has 0 N–H and O–H groups in total. The molecule has 2 heterocycles. The second kappa shape index (κ2) is 9.38. The SMILES string of the molecule is COCCCn1c(SCC(=O)c2ccc(OC)cc2)nnc1-c1ccco1. The molecule has 0 atom stereocenters. The molecule has 1 aromatic carbocycles. The summed E-state index contributed by atoms with van der Waals surface area (Å²) in [4.78, 5) is 12.5. The van der Waals surface area contributed by atoms with Crippen LogP contribution >= 0.6 is 11.8 Å². The van der Waals surface area contributed by atoms with Gasteiger partial charge in [-0.15, -0.1) is 10.2 Å². The lowest BCUT2D eigenvalue weighted by Gasteiger charge is -2.08. The molecule has 0 aliphatic heterocycles. The number of carbonyl (C=O) groups is 1. The number of carbonyl (C=O) groups excluding carboxylic acids is 1. The summed E-state index contributed by atoms with van der Waals surface area (Å²) >= 11 is 1.36. The van der Waals surface area contributed by atoms with E-state index in [0.29, 0.717) is 35.5 Å². The van der Waals surface area contributed by atoms with E-state index in [0.717, 1.165) is 12.2 Å². The van der Waals surface area contributed by atoms with Crippen molar-refractivity contribution in [2.45, 2.75) is 18.1 Å². The lowest BCUT2D eigenvalue weighted by Crippen LogP contribution is -2.07. The summed E-state index contributed by atoms with van der Waals surface area (Å²) < 4.78 is 17.7. The molecule has 7 nitrogen and oxygen atoms in total. The van der Waals surface area contributed by atoms with Crippen molar-refractivity contribution in [3.63, 3.8) is 0 Å². The number of hydrogen-bond donors (Lipinski definition) is 0. The van der Waals surface area contributed by atoms with E-state index in [2.05, 4.69) is 10.2 Å². The molecule has 0 amide bonds. The van der Waals surface area contributed by atoms with Crippen molar-refractivity contribution >= 4 is 17.5 Å². The number of nitrogens with zero attached hydrogens (tertiary/aromatic N) is 3. The number of furan rings is 1. The minimum Gasteiger partial charge on any atom is -0.497 e. The predicted octanol–water partition coefficient (Wildman–Crippen LogP) is 3.56. The molecule has 0 radical (unpaired) electrons. The first-order valence-electron chi connectivity index (χ1n) is 8.49. The van der Waals surface area contributed by atoms with Crippen molar-refractivity contribution in [2.24, 2.45) is 0 Å². The zero-order valence-corrected chi connectivity index (χ0v) is 16.1. The van der Waals surface area contributed by atoms with Gasteiger partial charge in [-0.05, 0) is 42.8 Å². The third-order valence-electron chi connectivity index (χ3n) is 3.93. The van der Waals surface area contributed by atoms with Gasteiger partial charge in [0.2, 0.25) is 0 Å². The normalized spacial score (nSPS) is 10.9. The monoisotopic (exact) mass is 387 g/mol. The molecule has 27 heavy (non-hydrogen) atoms. The van der Waals surface area contributed by atoms with Crippen LogP contribution in [0.2, 0.25) is 0 Å². The van der Waals surface area contributed by atoms with Crippen LogP contribution in [-0.4, -0.2) is 47.1 Å². The summed E-state index contributed by atoms with van der Waals surface area (Å²) in [6.07, 6.45) is 2.41. The number of ether oxygens (including phenoxy) is 2. The first-order valence-corrected chi connectivity index (χ1v) is 9.47. The Kier molecular flexibility index (Phi) is 6.67. The molecule has 2 aromatic heterocycles. The first kappa shape index (κ1) is 19.2. The Morgan fingerprint density at radius 2 is 2.00 bits per heavy atom. The van der Waals surface area contributed by atoms with E-state index in [4.69, 9.17) is 13.9 Å². The van der Waals surface area contributed by atoms with Crippen molar-refractivity contribution in [1.82, 2.24) is 14.8 Å². The van der Waals surface area contributed by atoms with Crippen molar-refractivity contribution in [3.8, 4) is 17.3 Å². The maximum atomic E-state index is 12.5. The number of thioether (sulfide) groups is 1. The Balaban J connectivity index is 1.72. The van der Waals surface area contributed by atoms with E-state index in [1.165, 1.54) is 11.8 Å². The van der Waals surface area contributed by atoms with Crippen LogP contribution in [0.3, 0.4) is 0 Å². The molecule has 0 bridgehead atoms. The average Bonchev–Trinajstić information content (AvgIpc) is 3.36. The summed E-state index contributed by atoms with van der Waals surface area (Å²) in [5.74, 6) is 2.31. The molecule has 142 valence electrons. The Morgan fingerprint density at radius 3 is 2.67 bits per heavy atom. The van der Waals surface area contributed by atoms with Crippen LogP contribution in [0.1, 0.15) is 16.8 Å². The van der Waals surface area contributed by atoms with Gasteiger partial charge < -0.3 is 13.9 Å². The summed E-state index contributed by atoms with van der Waals surface area (Å²) in [6, 6.07) is 10.7. The van der Waals surface area contributed by atoms with Gasteiger partial charge in [0.25, 0.3) is 0 Å². The van der Waals surface area contributed by atoms with Crippen molar-refractivity contribution in [2.75, 3.05) is 26.6 Å². The topological polar surface area (TPSA) is 79.4 Å². The van der Waals surface area contributed by atoms with Crippen LogP contribution in [-0.2, 0) is 11.3 Å². The Bertz CT molecular complexity index is 860. The molecule has 8 heteroatoms. The fraction of sp³-hybridized carbons (Fsp3) is 0.316. The van der Waals surface area contributed by atoms with E-state index in [1.54, 1.807) is 44.7 Å². The van der Waals surface area contributed by atoms with E-state index in [9.17, 15) is 4.79 Å². The van der Waals surface area contributed by atoms with Gasteiger partial charge in [0, 0.05) is 25.8 Å². The van der Waals surface area contributed by atoms with Gasteiger partial charge in [-0.3, -0.25) is 9.36 Å². The Hall–Kier alpha value is -2.58. The number of methoxy groups -OCH3 is 2. The average molecular weight is 387 g/mol. The van der Waals surface area contributed by atoms with Crippen LogP contribution in [0.15, 0.2) is 52.2 Å². The summed E-state index contributed by atoms with van der Waals surface area (Å²) in [5, 5.41) is 9.17. The fourth-order valence-corrected chi connectivity index (χ4v) is 3.40. The molecule has 3 aromatic rings. The second-order valence-corrected chi connectivity index (χ2v) is 6.66. The maximum Gasteiger partial charge on any atom is 0.200 e. The van der Waals surface area contributed by atoms with E-state index in [-0.39, 0.29) is 11.5 Å². The highest BCUT2D eigenvalue weighted by Crippen LogP contribution is 2.25. The number of ketones is 1. The fourth-order valence-electron chi connectivity index (χ4n) is 2.54. The van der Waals surface area contributed by atoms with Crippen LogP contribution in [0, 0.1) is 0 Å². The standard InChI is InChI=1S/C19H21N3O4S/c1-24-11-4-10-22-18(17-5-3-12-26-17)20-21-19(22)27-13-16(23)14-6-8-15(25-2)9-7-14/h3,5-9,12H,4,10-11,13H2,1-2H3. The third kappa shape index (κ3) is 4.78. The molecule has 0 saturated heterocycles. The van der Waals surface area contributed by atoms with Gasteiger partial charge >= 0.3 is 0 Å². The number of benzene rings is 1. The number of rotatable bonds is 10. The highest BCUT2D eigenvalue weighted by atomic mass is 32.2. The molecule has 0 unspecified atom stereocenters. The van der Waals surface area contributed by atoms with Crippen molar-refractivity contribution < 1.29 is 18.7 Å². The lowest BCUT2D eigenvalue weighted by atomic mass is 10.1. The Labute approximate surface area is 161 Å². The van der Waals surface area contributed by atoms with Gasteiger partial charge in [0.1, 0.15) is 5.75 Å². The van der Waals surface area contributed by atoms with E-state index >= 15 is 0 Å². The largest absolute Gasteiger partial charge is 0.497 e. The summed E-state index contributed by atoms with van der Waals surface area (Å²) in [5.41, 5.74) is 0.639. The predicted molar refractivity (Wildman–Crippen MR) is 102 cm³/mol. The number of hydrogen-bond acceptors (Lipinski definition) is 7. The minimum atomic E-state index is 0.0219. The minimum absolute atomic E-state index is 0.0219. The molecule has 0 saturated carbocycles. The van der Waals surface area contributed by atoms with E-state index in [1.807, 2.05) is 16.7 Å². The zero-order valence-electron chi connectivity index (χ0n) is 15.3. The molecule has 3 rings (SSSR count). The molecule has 0 aliphatic rings. The maximum absolute atomic E-state index is 12.5. The first-order chi connectivity index (χ1) is 13.2. The highest BCUT2D eigenvalue weighted by molar-refractivity contribution is 7.99. The van der Waals surface area contributed by atoms with Crippen molar-refractivity contribution in [3.05, 3.63) is 48.2 Å².